The number of carbonyl (C=O) groups is 2. The molecule has 32 heavy (non-hydrogen) atoms. The molecule has 2 heterocycles. The van der Waals surface area contributed by atoms with Gasteiger partial charge in [0.05, 0.1) is 11.7 Å². The summed E-state index contributed by atoms with van der Waals surface area (Å²) in [7, 11) is -0.615. The summed E-state index contributed by atoms with van der Waals surface area (Å²) in [5.41, 5.74) is 0.921. The second-order valence-electron chi connectivity index (χ2n) is 11.1. The van der Waals surface area contributed by atoms with Gasteiger partial charge in [-0.05, 0) is 55.1 Å². The van der Waals surface area contributed by atoms with Crippen molar-refractivity contribution in [1.82, 2.24) is 0 Å². The van der Waals surface area contributed by atoms with Gasteiger partial charge in [0.25, 0.3) is 0 Å². The van der Waals surface area contributed by atoms with Crippen molar-refractivity contribution in [3.8, 4) is 5.75 Å². The number of hydrogen-bond donors (Lipinski definition) is 1. The van der Waals surface area contributed by atoms with Crippen LogP contribution in [0.1, 0.15) is 69.8 Å². The van der Waals surface area contributed by atoms with Gasteiger partial charge >= 0.3 is 19.1 Å². The molecular weight excluding hydrogens is 411 g/mol. The Bertz CT molecular complexity index is 973. The lowest BCUT2D eigenvalue weighted by molar-refractivity contribution is -0.199. The highest BCUT2D eigenvalue weighted by molar-refractivity contribution is 6.47. The van der Waals surface area contributed by atoms with Gasteiger partial charge in [0.15, 0.2) is 0 Å². The Hall–Kier alpha value is -2.06. The monoisotopic (exact) mass is 442 g/mol. The van der Waals surface area contributed by atoms with Crippen LogP contribution in [0.3, 0.4) is 0 Å². The first-order valence-electron chi connectivity index (χ1n) is 11.5. The normalized spacial score (nSPS) is 34.5. The lowest BCUT2D eigenvalue weighted by atomic mass is 9.43. The predicted octanol–water partition coefficient (Wildman–Crippen LogP) is 4.09. The fourth-order valence-corrected chi connectivity index (χ4v) is 6.44. The van der Waals surface area contributed by atoms with E-state index < -0.39 is 36.3 Å². The molecule has 0 aromatic heterocycles. The van der Waals surface area contributed by atoms with Gasteiger partial charge in [-0.15, -0.1) is 0 Å². The highest BCUT2D eigenvalue weighted by Gasteiger charge is 2.68. The van der Waals surface area contributed by atoms with Crippen LogP contribution in [0.4, 0.5) is 0 Å². The first kappa shape index (κ1) is 21.8. The fourth-order valence-electron chi connectivity index (χ4n) is 6.44. The maximum atomic E-state index is 12.4. The average molecular weight is 442 g/mol. The number of carboxylic acids is 1. The molecule has 1 N–H and O–H groups in total. The van der Waals surface area contributed by atoms with E-state index in [0.717, 1.165) is 18.4 Å². The van der Waals surface area contributed by atoms with E-state index in [0.29, 0.717) is 29.6 Å². The fraction of sp³-hybridized carbons (Fsp3) is 0.667. The summed E-state index contributed by atoms with van der Waals surface area (Å²) >= 11 is 0. The van der Waals surface area contributed by atoms with Crippen molar-refractivity contribution in [1.29, 1.82) is 0 Å². The van der Waals surface area contributed by atoms with Crippen molar-refractivity contribution in [2.75, 3.05) is 0 Å². The van der Waals surface area contributed by atoms with Gasteiger partial charge in [0, 0.05) is 26.1 Å². The van der Waals surface area contributed by atoms with Gasteiger partial charge in [0.1, 0.15) is 11.3 Å². The van der Waals surface area contributed by atoms with Crippen molar-refractivity contribution in [2.45, 2.75) is 83.6 Å². The van der Waals surface area contributed by atoms with Crippen LogP contribution < -0.4 is 4.74 Å². The van der Waals surface area contributed by atoms with Crippen LogP contribution in [-0.4, -0.2) is 41.7 Å². The molecule has 172 valence electrons. The van der Waals surface area contributed by atoms with E-state index in [1.54, 1.807) is 26.0 Å². The number of carboxylic acid groups (broad SMARTS) is 1. The Labute approximate surface area is 188 Å². The molecule has 2 aliphatic heterocycles. The number of benzene rings is 1. The van der Waals surface area contributed by atoms with Crippen molar-refractivity contribution in [3.05, 3.63) is 29.3 Å². The number of esters is 1. The lowest BCUT2D eigenvalue weighted by Gasteiger charge is -2.64. The molecule has 1 aromatic carbocycles. The molecule has 1 aromatic rings. The summed E-state index contributed by atoms with van der Waals surface area (Å²) in [5, 5.41) is 9.64. The van der Waals surface area contributed by atoms with Crippen molar-refractivity contribution in [3.63, 3.8) is 0 Å². The van der Waals surface area contributed by atoms with E-state index >= 15 is 0 Å². The smallest absolute Gasteiger partial charge is 0.461 e. The first-order chi connectivity index (χ1) is 14.9. The molecule has 0 spiro atoms. The number of ether oxygens (including phenoxy) is 2. The number of cyclic esters (lactones) is 1. The summed E-state index contributed by atoms with van der Waals surface area (Å²) in [4.78, 5) is 24.2. The third-order valence-corrected chi connectivity index (χ3v) is 8.28. The average Bonchev–Trinajstić information content (AvgIpc) is 3.04. The summed E-state index contributed by atoms with van der Waals surface area (Å²) in [5.74, 6) is -1.37. The Morgan fingerprint density at radius 3 is 2.62 bits per heavy atom. The number of rotatable bonds is 5. The van der Waals surface area contributed by atoms with E-state index in [2.05, 4.69) is 20.8 Å². The van der Waals surface area contributed by atoms with Gasteiger partial charge in [-0.3, -0.25) is 4.79 Å². The quantitative estimate of drug-likeness (QED) is 0.543. The van der Waals surface area contributed by atoms with Crippen molar-refractivity contribution in [2.24, 2.45) is 17.3 Å². The van der Waals surface area contributed by atoms with Crippen LogP contribution in [0.25, 0.3) is 0 Å². The molecule has 7 nitrogen and oxygen atoms in total. The van der Waals surface area contributed by atoms with Crippen LogP contribution >= 0.6 is 0 Å². The number of fused-ring (bicyclic) bond motifs is 1. The van der Waals surface area contributed by atoms with Crippen molar-refractivity contribution < 1.29 is 33.5 Å². The zero-order chi connectivity index (χ0) is 23.1. The topological polar surface area (TPSA) is 91.3 Å². The molecular formula is C24H31BO7. The molecule has 4 fully saturated rings. The van der Waals surface area contributed by atoms with Gasteiger partial charge in [0.2, 0.25) is 5.79 Å². The van der Waals surface area contributed by atoms with Gasteiger partial charge in [-0.1, -0.05) is 26.0 Å². The second kappa shape index (κ2) is 6.97. The minimum absolute atomic E-state index is 0.0181. The van der Waals surface area contributed by atoms with Crippen LogP contribution in [0.15, 0.2) is 18.2 Å². The van der Waals surface area contributed by atoms with Gasteiger partial charge in [-0.25, -0.2) is 4.79 Å². The van der Waals surface area contributed by atoms with Crippen molar-refractivity contribution >= 4 is 19.1 Å². The number of hydrogen-bond acceptors (Lipinski definition) is 6. The highest BCUT2D eigenvalue weighted by atomic mass is 16.7. The number of carbonyl (C=O) groups excluding carboxylic acids is 1. The molecule has 5 atom stereocenters. The first-order valence-corrected chi connectivity index (χ1v) is 11.5. The Kier molecular flexibility index (Phi) is 4.74. The Balaban J connectivity index is 1.43. The van der Waals surface area contributed by atoms with E-state index in [9.17, 15) is 14.7 Å². The molecule has 3 aliphatic carbocycles. The van der Waals surface area contributed by atoms with Crippen LogP contribution in [-0.2, 0) is 25.3 Å². The molecule has 0 radical (unpaired) electrons. The molecule has 1 saturated heterocycles. The lowest BCUT2D eigenvalue weighted by Crippen LogP contribution is -2.65. The van der Waals surface area contributed by atoms with E-state index in [-0.39, 0.29) is 17.9 Å². The maximum absolute atomic E-state index is 12.4. The summed E-state index contributed by atoms with van der Waals surface area (Å²) < 4.78 is 24.3. The molecule has 0 amide bonds. The molecule has 5 aliphatic rings. The maximum Gasteiger partial charge on any atom is 0.461 e. The molecule has 8 heteroatoms. The highest BCUT2D eigenvalue weighted by Crippen LogP contribution is 2.66. The number of aliphatic carboxylic acids is 1. The molecule has 6 rings (SSSR count). The Morgan fingerprint density at radius 1 is 1.19 bits per heavy atom. The SMILES string of the molecule is CC1(C)OC(=O)c2cccc(CC(CC(=O)O)B3OC4C[C@@H]5C[C@@H](C5(C)C)[C@]4(C)O3)c2O1. The van der Waals surface area contributed by atoms with E-state index in [4.69, 9.17) is 18.8 Å². The minimum Gasteiger partial charge on any atom is -0.481 e. The van der Waals surface area contributed by atoms with E-state index in [1.807, 2.05) is 6.07 Å². The third-order valence-electron chi connectivity index (χ3n) is 8.28. The molecule has 3 saturated carbocycles. The summed E-state index contributed by atoms with van der Waals surface area (Å²) in [6.07, 6.45) is 2.33. The summed E-state index contributed by atoms with van der Waals surface area (Å²) in [6, 6.07) is 5.30. The standard InChI is InChI=1S/C24H31BO7/c1-22(2)14-10-17(22)24(5)18(11-14)31-25(32-24)15(12-19(26)27)9-13-7-6-8-16-20(13)29-23(3,4)30-21(16)28/h6-8,14-15,17-18H,9-12H2,1-5H3,(H,26,27)/t14-,15?,17-,18?,24-/m0/s1. The van der Waals surface area contributed by atoms with Gasteiger partial charge < -0.3 is 23.9 Å². The predicted molar refractivity (Wildman–Crippen MR) is 116 cm³/mol. The number of para-hydroxylation sites is 1. The van der Waals surface area contributed by atoms with E-state index in [1.165, 1.54) is 0 Å². The minimum atomic E-state index is -1.09. The van der Waals surface area contributed by atoms with Crippen LogP contribution in [0.5, 0.6) is 5.75 Å². The van der Waals surface area contributed by atoms with Crippen LogP contribution in [0.2, 0.25) is 5.82 Å². The zero-order valence-electron chi connectivity index (χ0n) is 19.3. The molecule has 2 unspecified atom stereocenters. The summed E-state index contributed by atoms with van der Waals surface area (Å²) in [6.45, 7) is 10.1. The largest absolute Gasteiger partial charge is 0.481 e. The third kappa shape index (κ3) is 3.26. The zero-order valence-corrected chi connectivity index (χ0v) is 19.3. The van der Waals surface area contributed by atoms with Gasteiger partial charge in [-0.2, -0.15) is 0 Å². The molecule has 2 bridgehead atoms. The van der Waals surface area contributed by atoms with Crippen LogP contribution in [0, 0.1) is 17.3 Å². The second-order valence-corrected chi connectivity index (χ2v) is 11.1. The Morgan fingerprint density at radius 2 is 1.94 bits per heavy atom.